The molecule has 394 valence electrons. The Balaban J connectivity index is 2.24. The van der Waals surface area contributed by atoms with Crippen molar-refractivity contribution in [2.75, 3.05) is 13.2 Å². The van der Waals surface area contributed by atoms with Crippen molar-refractivity contribution in [1.29, 1.82) is 0 Å². The van der Waals surface area contributed by atoms with Crippen LogP contribution in [0.15, 0.2) is 0 Å². The number of nitrogens with one attached hydrogen (secondary N) is 1. The lowest BCUT2D eigenvalue weighted by Gasteiger charge is -2.40. The van der Waals surface area contributed by atoms with Crippen molar-refractivity contribution in [1.82, 2.24) is 5.32 Å². The molecule has 0 spiro atoms. The second-order valence-electron chi connectivity index (χ2n) is 20.6. The van der Waals surface area contributed by atoms with E-state index < -0.39 is 55.6 Å². The monoisotopic (exact) mass is 942 g/mol. The first-order valence-corrected chi connectivity index (χ1v) is 28.8. The highest BCUT2D eigenvalue weighted by Gasteiger charge is 2.44. The van der Waals surface area contributed by atoms with Crippen LogP contribution in [-0.4, -0.2) is 98.7 Å². The van der Waals surface area contributed by atoms with E-state index in [1.165, 1.54) is 225 Å². The molecule has 1 heterocycles. The Morgan fingerprint density at radius 2 is 0.788 bits per heavy atom. The normalized spacial score (nSPS) is 20.2. The summed E-state index contributed by atoms with van der Waals surface area (Å²) in [5.74, 6) is -0.250. The van der Waals surface area contributed by atoms with Crippen LogP contribution in [0, 0.1) is 0 Å². The van der Waals surface area contributed by atoms with E-state index in [2.05, 4.69) is 19.2 Å². The summed E-state index contributed by atoms with van der Waals surface area (Å²) in [5, 5.41) is 65.6. The standard InChI is InChI=1S/C56H111NO9/c1-3-5-7-9-11-13-15-17-19-21-22-23-24-25-26-27-29-31-33-35-37-39-41-43-45-51(60)57-48(47-65-56-55(64)54(63)53(62)50(46-58)66-56)52(61)49(59)44-42-40-38-36-34-32-30-28-20-18-16-14-12-10-8-6-4-2/h48-50,52-56,58-59,61-64H,3-47H2,1-2H3,(H,57,60)/t48-,49+,50+,52-,53-,54-,55+,56-/m0/s1. The minimum absolute atomic E-state index is 0.250. The zero-order chi connectivity index (χ0) is 48.1. The van der Waals surface area contributed by atoms with Gasteiger partial charge in [0.2, 0.25) is 5.91 Å². The van der Waals surface area contributed by atoms with E-state index in [9.17, 15) is 35.4 Å². The molecule has 0 unspecified atom stereocenters. The molecule has 0 aromatic heterocycles. The molecule has 1 amide bonds. The van der Waals surface area contributed by atoms with Crippen molar-refractivity contribution in [2.45, 2.75) is 339 Å². The average molecular weight is 943 g/mol. The van der Waals surface area contributed by atoms with Crippen LogP contribution in [0.4, 0.5) is 0 Å². The number of aliphatic hydroxyl groups is 6. The first-order valence-electron chi connectivity index (χ1n) is 28.8. The maximum atomic E-state index is 13.1. The van der Waals surface area contributed by atoms with E-state index in [-0.39, 0.29) is 18.9 Å². The zero-order valence-corrected chi connectivity index (χ0v) is 43.3. The summed E-state index contributed by atoms with van der Waals surface area (Å²) in [6, 6.07) is -0.986. The lowest BCUT2D eigenvalue weighted by atomic mass is 9.98. The molecule has 1 aliphatic heterocycles. The van der Waals surface area contributed by atoms with E-state index in [0.29, 0.717) is 6.42 Å². The van der Waals surface area contributed by atoms with Gasteiger partial charge in [0.15, 0.2) is 6.29 Å². The number of amides is 1. The highest BCUT2D eigenvalue weighted by atomic mass is 16.7. The van der Waals surface area contributed by atoms with Gasteiger partial charge in [-0.3, -0.25) is 4.79 Å². The van der Waals surface area contributed by atoms with Crippen LogP contribution in [0.5, 0.6) is 0 Å². The third kappa shape index (κ3) is 35.3. The Bertz CT molecular complexity index is 1020. The molecule has 10 nitrogen and oxygen atoms in total. The summed E-state index contributed by atoms with van der Waals surface area (Å²) in [7, 11) is 0. The summed E-state index contributed by atoms with van der Waals surface area (Å²) < 4.78 is 11.2. The van der Waals surface area contributed by atoms with Crippen molar-refractivity contribution in [2.24, 2.45) is 0 Å². The molecule has 1 fully saturated rings. The Morgan fingerprint density at radius 1 is 0.470 bits per heavy atom. The molecule has 66 heavy (non-hydrogen) atoms. The summed E-state index contributed by atoms with van der Waals surface area (Å²) in [4.78, 5) is 13.1. The molecule has 1 aliphatic rings. The third-order valence-electron chi connectivity index (χ3n) is 14.3. The fourth-order valence-corrected chi connectivity index (χ4v) is 9.67. The topological polar surface area (TPSA) is 169 Å². The van der Waals surface area contributed by atoms with Crippen LogP contribution in [0.3, 0.4) is 0 Å². The first-order chi connectivity index (χ1) is 32.3. The quantitative estimate of drug-likeness (QED) is 0.0294. The van der Waals surface area contributed by atoms with E-state index in [1.54, 1.807) is 0 Å². The first kappa shape index (κ1) is 63.2. The van der Waals surface area contributed by atoms with E-state index in [1.807, 2.05) is 0 Å². The molecule has 10 heteroatoms. The van der Waals surface area contributed by atoms with E-state index >= 15 is 0 Å². The van der Waals surface area contributed by atoms with Crippen LogP contribution in [-0.2, 0) is 14.3 Å². The molecule has 7 N–H and O–H groups in total. The smallest absolute Gasteiger partial charge is 0.220 e. The van der Waals surface area contributed by atoms with Gasteiger partial charge in [0.1, 0.15) is 30.5 Å². The van der Waals surface area contributed by atoms with Crippen LogP contribution < -0.4 is 5.32 Å². The molecule has 1 rings (SSSR count). The Kier molecular flexibility index (Phi) is 44.5. The van der Waals surface area contributed by atoms with Gasteiger partial charge in [0.25, 0.3) is 0 Å². The summed E-state index contributed by atoms with van der Waals surface area (Å²) in [6.45, 7) is 3.66. The predicted molar refractivity (Wildman–Crippen MR) is 274 cm³/mol. The number of rotatable bonds is 50. The van der Waals surface area contributed by atoms with Gasteiger partial charge in [-0.05, 0) is 12.8 Å². The van der Waals surface area contributed by atoms with Crippen molar-refractivity contribution in [3.63, 3.8) is 0 Å². The number of carbonyl (C=O) groups excluding carboxylic acids is 1. The van der Waals surface area contributed by atoms with Gasteiger partial charge in [0.05, 0.1) is 25.4 Å². The molecule has 0 aliphatic carbocycles. The average Bonchev–Trinajstić information content (AvgIpc) is 3.32. The zero-order valence-electron chi connectivity index (χ0n) is 43.3. The van der Waals surface area contributed by atoms with Crippen molar-refractivity contribution < 1.29 is 44.9 Å². The van der Waals surface area contributed by atoms with Gasteiger partial charge in [-0.25, -0.2) is 0 Å². The molecular weight excluding hydrogens is 831 g/mol. The van der Waals surface area contributed by atoms with Gasteiger partial charge in [-0.2, -0.15) is 0 Å². The van der Waals surface area contributed by atoms with Crippen molar-refractivity contribution in [3.05, 3.63) is 0 Å². The number of aliphatic hydroxyl groups excluding tert-OH is 6. The number of ether oxygens (including phenoxy) is 2. The third-order valence-corrected chi connectivity index (χ3v) is 14.3. The highest BCUT2D eigenvalue weighted by molar-refractivity contribution is 5.76. The van der Waals surface area contributed by atoms with Crippen molar-refractivity contribution >= 4 is 5.91 Å². The fourth-order valence-electron chi connectivity index (χ4n) is 9.67. The van der Waals surface area contributed by atoms with E-state index in [4.69, 9.17) is 9.47 Å². The van der Waals surface area contributed by atoms with Crippen molar-refractivity contribution in [3.8, 4) is 0 Å². The maximum absolute atomic E-state index is 13.1. The van der Waals surface area contributed by atoms with E-state index in [0.717, 1.165) is 38.5 Å². The summed E-state index contributed by atoms with van der Waals surface area (Å²) in [5.41, 5.74) is 0. The fraction of sp³-hybridized carbons (Fsp3) is 0.982. The Morgan fingerprint density at radius 3 is 1.12 bits per heavy atom. The predicted octanol–water partition coefficient (Wildman–Crippen LogP) is 12.8. The van der Waals surface area contributed by atoms with Crippen LogP contribution >= 0.6 is 0 Å². The summed E-state index contributed by atoms with van der Waals surface area (Å²) in [6.07, 6.45) is 44.0. The molecular formula is C56H111NO9. The number of hydrogen-bond acceptors (Lipinski definition) is 9. The van der Waals surface area contributed by atoms with Crippen LogP contribution in [0.25, 0.3) is 0 Å². The Labute approximate surface area is 407 Å². The molecule has 0 aromatic rings. The van der Waals surface area contributed by atoms with Crippen LogP contribution in [0.2, 0.25) is 0 Å². The molecule has 0 bridgehead atoms. The lowest BCUT2D eigenvalue weighted by Crippen LogP contribution is -2.60. The van der Waals surface area contributed by atoms with Gasteiger partial charge in [-0.15, -0.1) is 0 Å². The van der Waals surface area contributed by atoms with Gasteiger partial charge < -0.3 is 45.4 Å². The lowest BCUT2D eigenvalue weighted by molar-refractivity contribution is -0.303. The van der Waals surface area contributed by atoms with Gasteiger partial charge in [-0.1, -0.05) is 271 Å². The van der Waals surface area contributed by atoms with Crippen LogP contribution in [0.1, 0.15) is 290 Å². The maximum Gasteiger partial charge on any atom is 0.220 e. The van der Waals surface area contributed by atoms with Gasteiger partial charge >= 0.3 is 0 Å². The number of hydrogen-bond donors (Lipinski definition) is 7. The molecule has 0 saturated carbocycles. The number of carbonyl (C=O) groups is 1. The molecule has 0 radical (unpaired) electrons. The molecule has 1 saturated heterocycles. The van der Waals surface area contributed by atoms with Gasteiger partial charge in [0, 0.05) is 6.42 Å². The number of unbranched alkanes of at least 4 members (excludes halogenated alkanes) is 39. The second kappa shape index (κ2) is 46.5. The minimum atomic E-state index is -1.60. The molecule has 0 aromatic carbocycles. The minimum Gasteiger partial charge on any atom is -0.394 e. The summed E-state index contributed by atoms with van der Waals surface area (Å²) >= 11 is 0. The Hall–Kier alpha value is -0.850. The largest absolute Gasteiger partial charge is 0.394 e. The SMILES string of the molecule is CCCCCCCCCCCCCCCCCCCCCCCCCCC(=O)N[C@@H](CO[C@H]1O[C@H](CO)[C@H](O)[C@H](O)[C@H]1O)[C@H](O)[C@H](O)CCCCCCCCCCCCCCCCCCC. The molecule has 8 atom stereocenters. The highest BCUT2D eigenvalue weighted by Crippen LogP contribution is 2.24. The second-order valence-corrected chi connectivity index (χ2v) is 20.6.